The van der Waals surface area contributed by atoms with E-state index in [4.69, 9.17) is 0 Å². The lowest BCUT2D eigenvalue weighted by molar-refractivity contribution is -0.141. The molecule has 1 aromatic heterocycles. The van der Waals surface area contributed by atoms with Crippen LogP contribution in [0.3, 0.4) is 0 Å². The Kier molecular flexibility index (Phi) is 4.65. The van der Waals surface area contributed by atoms with Crippen molar-refractivity contribution in [3.8, 4) is 0 Å². The van der Waals surface area contributed by atoms with Crippen LogP contribution in [-0.2, 0) is 17.4 Å². The molecule has 2 rings (SSSR count). The van der Waals surface area contributed by atoms with Gasteiger partial charge in [-0.05, 0) is 44.2 Å². The molecule has 3 nitrogen and oxygen atoms in total. The highest BCUT2D eigenvalue weighted by molar-refractivity contribution is 5.88. The van der Waals surface area contributed by atoms with Crippen molar-refractivity contribution in [2.24, 2.45) is 0 Å². The van der Waals surface area contributed by atoms with E-state index in [-0.39, 0.29) is 23.9 Å². The van der Waals surface area contributed by atoms with Crippen molar-refractivity contribution >= 4 is 5.91 Å². The average molecular weight is 298 g/mol. The molecule has 0 saturated carbocycles. The molecular formula is C15H17F3N2O. The summed E-state index contributed by atoms with van der Waals surface area (Å²) in [7, 11) is 0. The number of amides is 1. The minimum absolute atomic E-state index is 0.104. The quantitative estimate of drug-likeness (QED) is 0.930. The van der Waals surface area contributed by atoms with Gasteiger partial charge < -0.3 is 5.32 Å². The molecule has 0 saturated heterocycles. The molecule has 1 amide bonds. The van der Waals surface area contributed by atoms with E-state index in [0.29, 0.717) is 6.42 Å². The van der Waals surface area contributed by atoms with E-state index in [1.165, 1.54) is 12.1 Å². The number of nitrogens with one attached hydrogen (secondary N) is 1. The van der Waals surface area contributed by atoms with Crippen LogP contribution in [0.25, 0.3) is 0 Å². The third-order valence-electron chi connectivity index (χ3n) is 3.53. The van der Waals surface area contributed by atoms with Crippen molar-refractivity contribution in [1.29, 1.82) is 0 Å². The predicted molar refractivity (Wildman–Crippen MR) is 72.5 cm³/mol. The SMILES string of the molecule is CC1=CC(=O)NC(CCc2cccnc2C(F)(F)F)CC1. The number of hydrogen-bond donors (Lipinski definition) is 1. The number of allylic oxidation sites excluding steroid dienone is 1. The van der Waals surface area contributed by atoms with E-state index in [2.05, 4.69) is 10.3 Å². The lowest BCUT2D eigenvalue weighted by atomic mass is 10.00. The molecule has 0 bridgehead atoms. The summed E-state index contributed by atoms with van der Waals surface area (Å²) in [6, 6.07) is 2.84. The average Bonchev–Trinajstić information content (AvgIpc) is 2.56. The van der Waals surface area contributed by atoms with Gasteiger partial charge in [-0.1, -0.05) is 11.6 Å². The van der Waals surface area contributed by atoms with Gasteiger partial charge in [-0.25, -0.2) is 0 Å². The molecule has 2 heterocycles. The maximum absolute atomic E-state index is 12.9. The fraction of sp³-hybridized carbons (Fsp3) is 0.467. The van der Waals surface area contributed by atoms with Crippen molar-refractivity contribution in [2.75, 3.05) is 0 Å². The molecule has 1 aliphatic heterocycles. The Labute approximate surface area is 121 Å². The summed E-state index contributed by atoms with van der Waals surface area (Å²) in [5.41, 5.74) is 0.333. The third-order valence-corrected chi connectivity index (χ3v) is 3.53. The maximum atomic E-state index is 12.9. The minimum Gasteiger partial charge on any atom is -0.350 e. The summed E-state index contributed by atoms with van der Waals surface area (Å²) in [5, 5.41) is 2.82. The number of pyridine rings is 1. The van der Waals surface area contributed by atoms with Gasteiger partial charge in [0.25, 0.3) is 0 Å². The molecule has 1 unspecified atom stereocenters. The van der Waals surface area contributed by atoms with Gasteiger partial charge in [0.15, 0.2) is 0 Å². The number of hydrogen-bond acceptors (Lipinski definition) is 2. The van der Waals surface area contributed by atoms with Crippen LogP contribution in [0, 0.1) is 0 Å². The van der Waals surface area contributed by atoms with Crippen LogP contribution >= 0.6 is 0 Å². The molecule has 0 radical (unpaired) electrons. The van der Waals surface area contributed by atoms with E-state index < -0.39 is 11.9 Å². The van der Waals surface area contributed by atoms with E-state index in [1.54, 1.807) is 6.08 Å². The van der Waals surface area contributed by atoms with Gasteiger partial charge >= 0.3 is 6.18 Å². The summed E-state index contributed by atoms with van der Waals surface area (Å²) in [6.45, 7) is 1.88. The zero-order chi connectivity index (χ0) is 15.5. The highest BCUT2D eigenvalue weighted by Gasteiger charge is 2.34. The molecular weight excluding hydrogens is 281 g/mol. The molecule has 0 aromatic carbocycles. The Morgan fingerprint density at radius 3 is 2.90 bits per heavy atom. The first kappa shape index (κ1) is 15.5. The molecule has 114 valence electrons. The monoisotopic (exact) mass is 298 g/mol. The van der Waals surface area contributed by atoms with Crippen LogP contribution in [0.2, 0.25) is 0 Å². The van der Waals surface area contributed by atoms with Gasteiger partial charge in [-0.15, -0.1) is 0 Å². The summed E-state index contributed by atoms with van der Waals surface area (Å²) >= 11 is 0. The second-order valence-electron chi connectivity index (χ2n) is 5.28. The fourth-order valence-corrected chi connectivity index (χ4v) is 2.45. The largest absolute Gasteiger partial charge is 0.433 e. The normalized spacial score (nSPS) is 19.7. The first-order valence-electron chi connectivity index (χ1n) is 6.85. The smallest absolute Gasteiger partial charge is 0.350 e. The third kappa shape index (κ3) is 4.31. The number of halogens is 3. The van der Waals surface area contributed by atoms with E-state index in [9.17, 15) is 18.0 Å². The summed E-state index contributed by atoms with van der Waals surface area (Å²) in [5.74, 6) is -0.169. The molecule has 21 heavy (non-hydrogen) atoms. The molecule has 1 aliphatic rings. The van der Waals surface area contributed by atoms with Crippen molar-refractivity contribution in [3.05, 3.63) is 41.2 Å². The molecule has 1 aromatic rings. The molecule has 6 heteroatoms. The van der Waals surface area contributed by atoms with Gasteiger partial charge in [-0.3, -0.25) is 9.78 Å². The van der Waals surface area contributed by atoms with Crippen molar-refractivity contribution in [1.82, 2.24) is 10.3 Å². The van der Waals surface area contributed by atoms with E-state index >= 15 is 0 Å². The molecule has 1 N–H and O–H groups in total. The number of rotatable bonds is 3. The van der Waals surface area contributed by atoms with Crippen LogP contribution in [0.15, 0.2) is 30.0 Å². The van der Waals surface area contributed by atoms with Gasteiger partial charge in [0.1, 0.15) is 5.69 Å². The Balaban J connectivity index is 2.03. The zero-order valence-electron chi connectivity index (χ0n) is 11.7. The lowest BCUT2D eigenvalue weighted by Crippen LogP contribution is -2.33. The second-order valence-corrected chi connectivity index (χ2v) is 5.28. The zero-order valence-corrected chi connectivity index (χ0v) is 11.7. The van der Waals surface area contributed by atoms with Crippen LogP contribution in [0.1, 0.15) is 37.4 Å². The number of carbonyl (C=O) groups excluding carboxylic acids is 1. The van der Waals surface area contributed by atoms with Gasteiger partial charge in [0.2, 0.25) is 5.91 Å². The summed E-state index contributed by atoms with van der Waals surface area (Å²) in [4.78, 5) is 15.0. The maximum Gasteiger partial charge on any atom is 0.433 e. The van der Waals surface area contributed by atoms with Gasteiger partial charge in [0.05, 0.1) is 0 Å². The molecule has 0 aliphatic carbocycles. The van der Waals surface area contributed by atoms with Crippen LogP contribution in [0.4, 0.5) is 13.2 Å². The number of nitrogens with zero attached hydrogens (tertiary/aromatic N) is 1. The summed E-state index contributed by atoms with van der Waals surface area (Å²) in [6.07, 6.45) is 0.492. The number of aromatic nitrogens is 1. The van der Waals surface area contributed by atoms with Gasteiger partial charge in [-0.2, -0.15) is 13.2 Å². The number of carbonyl (C=O) groups is 1. The first-order chi connectivity index (χ1) is 9.86. The highest BCUT2D eigenvalue weighted by Crippen LogP contribution is 2.30. The van der Waals surface area contributed by atoms with Crippen LogP contribution in [-0.4, -0.2) is 16.9 Å². The number of alkyl halides is 3. The topological polar surface area (TPSA) is 42.0 Å². The van der Waals surface area contributed by atoms with E-state index in [0.717, 1.165) is 24.6 Å². The predicted octanol–water partition coefficient (Wildman–Crippen LogP) is 3.26. The standard InChI is InChI=1S/C15H17F3N2O/c1-10-4-6-12(20-13(21)9-10)7-5-11-3-2-8-19-14(11)15(16,17)18/h2-3,8-9,12H,4-7H2,1H3,(H,20,21). The number of aryl methyl sites for hydroxylation is 1. The van der Waals surface area contributed by atoms with Crippen molar-refractivity contribution in [2.45, 2.75) is 44.8 Å². The fourth-order valence-electron chi connectivity index (χ4n) is 2.45. The van der Waals surface area contributed by atoms with Crippen LogP contribution in [0.5, 0.6) is 0 Å². The van der Waals surface area contributed by atoms with E-state index in [1.807, 2.05) is 6.92 Å². The first-order valence-corrected chi connectivity index (χ1v) is 6.85. The Hall–Kier alpha value is -1.85. The minimum atomic E-state index is -4.44. The molecule has 1 atom stereocenters. The van der Waals surface area contributed by atoms with Crippen molar-refractivity contribution < 1.29 is 18.0 Å². The summed E-state index contributed by atoms with van der Waals surface area (Å²) < 4.78 is 38.6. The second kappa shape index (κ2) is 6.28. The van der Waals surface area contributed by atoms with Crippen LogP contribution < -0.4 is 5.32 Å². The molecule has 0 fully saturated rings. The lowest BCUT2D eigenvalue weighted by Gasteiger charge is -2.17. The van der Waals surface area contributed by atoms with Gasteiger partial charge in [0, 0.05) is 18.3 Å². The Bertz CT molecular complexity index is 552. The highest BCUT2D eigenvalue weighted by atomic mass is 19.4. The molecule has 0 spiro atoms. The van der Waals surface area contributed by atoms with Crippen molar-refractivity contribution in [3.63, 3.8) is 0 Å². The Morgan fingerprint density at radius 1 is 1.43 bits per heavy atom. The Morgan fingerprint density at radius 2 is 2.19 bits per heavy atom.